The Morgan fingerprint density at radius 3 is 0.977 bits per heavy atom. The van der Waals surface area contributed by atoms with Crippen molar-refractivity contribution in [1.29, 1.82) is 0 Å². The smallest absolute Gasteiger partial charge is 0.212 e. The molecule has 0 aromatic heterocycles. The van der Waals surface area contributed by atoms with Crippen LogP contribution in [-0.4, -0.2) is 40.5 Å². The molecular weight excluding hydrogens is 594 g/mol. The van der Waals surface area contributed by atoms with E-state index in [1.807, 2.05) is 97.1 Å². The van der Waals surface area contributed by atoms with Crippen molar-refractivity contribution in [1.82, 2.24) is 10.2 Å². The Morgan fingerprint density at radius 2 is 0.727 bits per heavy atom. The van der Waals surface area contributed by atoms with Gasteiger partial charge in [0.1, 0.15) is 23.0 Å². The van der Waals surface area contributed by atoms with Gasteiger partial charge >= 0.3 is 0 Å². The van der Waals surface area contributed by atoms with E-state index in [9.17, 15) is 0 Å². The molecule has 1 aliphatic carbocycles. The van der Waals surface area contributed by atoms with Gasteiger partial charge in [0.05, 0.1) is 49.7 Å². The van der Waals surface area contributed by atoms with Crippen LogP contribution in [0.25, 0.3) is 0 Å². The lowest BCUT2D eigenvalue weighted by Crippen LogP contribution is -2.51. The number of rotatable bonds is 12. The Morgan fingerprint density at radius 1 is 0.477 bits per heavy atom. The minimum absolute atomic E-state index is 0.304. The first kappa shape index (κ1) is 31.9. The molecule has 0 bridgehead atoms. The number of hydrogen-bond donors (Lipinski definition) is 2. The third kappa shape index (κ3) is 6.18. The van der Waals surface area contributed by atoms with Gasteiger partial charge in [-0.15, -0.1) is 0 Å². The molecular formula is C34H40N2O6P2. The third-order valence-corrected chi connectivity index (χ3v) is 13.7. The molecule has 1 saturated carbocycles. The summed E-state index contributed by atoms with van der Waals surface area (Å²) in [7, 11) is -0.809. The largest absolute Gasteiger partial charge is 0.496 e. The van der Waals surface area contributed by atoms with E-state index in [0.29, 0.717) is 44.2 Å². The molecule has 0 unspecified atom stereocenters. The molecule has 232 valence electrons. The second-order valence-electron chi connectivity index (χ2n) is 10.7. The van der Waals surface area contributed by atoms with Gasteiger partial charge in [-0.25, -0.2) is 0 Å². The highest BCUT2D eigenvalue weighted by molar-refractivity contribution is 7.77. The van der Waals surface area contributed by atoms with Gasteiger partial charge in [0.2, 0.25) is 14.6 Å². The summed E-state index contributed by atoms with van der Waals surface area (Å²) in [6, 6.07) is 28.8. The lowest BCUT2D eigenvalue weighted by molar-refractivity contribution is 0.342. The number of benzene rings is 4. The van der Waals surface area contributed by atoms with E-state index in [1.165, 1.54) is 0 Å². The summed E-state index contributed by atoms with van der Waals surface area (Å²) in [6.07, 6.45) is 3.32. The molecule has 0 amide bonds. The molecule has 2 N–H and O–H groups in total. The molecule has 4 aromatic rings. The summed E-state index contributed by atoms with van der Waals surface area (Å²) in [5.74, 6) is 2.07. The van der Waals surface area contributed by atoms with Crippen LogP contribution in [-0.2, 0) is 9.13 Å². The van der Waals surface area contributed by atoms with Crippen LogP contribution >= 0.6 is 14.6 Å². The van der Waals surface area contributed by atoms with Crippen molar-refractivity contribution in [2.45, 2.75) is 37.8 Å². The van der Waals surface area contributed by atoms with Crippen molar-refractivity contribution in [3.63, 3.8) is 0 Å². The maximum absolute atomic E-state index is 15.5. The molecule has 2 atom stereocenters. The molecule has 4 aromatic carbocycles. The van der Waals surface area contributed by atoms with Gasteiger partial charge < -0.3 is 18.9 Å². The molecule has 5 rings (SSSR count). The van der Waals surface area contributed by atoms with Crippen molar-refractivity contribution in [3.05, 3.63) is 97.1 Å². The molecule has 0 saturated heterocycles. The fourth-order valence-corrected chi connectivity index (χ4v) is 11.7. The lowest BCUT2D eigenvalue weighted by Gasteiger charge is -2.38. The first-order valence-electron chi connectivity index (χ1n) is 14.7. The van der Waals surface area contributed by atoms with Gasteiger partial charge in [-0.05, 0) is 61.4 Å². The molecule has 1 aliphatic rings. The van der Waals surface area contributed by atoms with E-state index in [2.05, 4.69) is 10.2 Å². The van der Waals surface area contributed by atoms with E-state index < -0.39 is 14.6 Å². The van der Waals surface area contributed by atoms with Gasteiger partial charge in [0, 0.05) is 12.1 Å². The summed E-state index contributed by atoms with van der Waals surface area (Å²) < 4.78 is 53.8. The predicted molar refractivity (Wildman–Crippen MR) is 178 cm³/mol. The van der Waals surface area contributed by atoms with E-state index in [1.54, 1.807) is 28.4 Å². The minimum Gasteiger partial charge on any atom is -0.496 e. The van der Waals surface area contributed by atoms with Gasteiger partial charge in [0.15, 0.2) is 0 Å². The van der Waals surface area contributed by atoms with Crippen molar-refractivity contribution >= 4 is 35.8 Å². The van der Waals surface area contributed by atoms with E-state index in [0.717, 1.165) is 25.7 Å². The molecule has 0 spiro atoms. The Labute approximate surface area is 259 Å². The normalized spacial score (nSPS) is 17.1. The average Bonchev–Trinajstić information content (AvgIpc) is 3.08. The topological polar surface area (TPSA) is 95.1 Å². The van der Waals surface area contributed by atoms with E-state index >= 15 is 9.13 Å². The molecule has 0 aliphatic heterocycles. The summed E-state index contributed by atoms with van der Waals surface area (Å²) in [6.45, 7) is 0. The Balaban J connectivity index is 1.63. The van der Waals surface area contributed by atoms with Crippen LogP contribution in [0.5, 0.6) is 23.0 Å². The molecule has 10 heteroatoms. The van der Waals surface area contributed by atoms with Crippen LogP contribution in [0, 0.1) is 0 Å². The zero-order chi connectivity index (χ0) is 31.2. The van der Waals surface area contributed by atoms with Crippen molar-refractivity contribution in [2.24, 2.45) is 0 Å². The summed E-state index contributed by atoms with van der Waals surface area (Å²) in [5, 5.41) is 9.39. The van der Waals surface area contributed by atoms with E-state index in [-0.39, 0.29) is 12.1 Å². The third-order valence-electron chi connectivity index (χ3n) is 8.16. The van der Waals surface area contributed by atoms with Crippen LogP contribution in [0.4, 0.5) is 0 Å². The maximum Gasteiger partial charge on any atom is 0.212 e. The van der Waals surface area contributed by atoms with Crippen molar-refractivity contribution < 1.29 is 28.1 Å². The Hall–Kier alpha value is -3.54. The van der Waals surface area contributed by atoms with Crippen LogP contribution in [0.3, 0.4) is 0 Å². The summed E-state index contributed by atoms with van der Waals surface area (Å²) in [5.41, 5.74) is 0. The number of para-hydroxylation sites is 4. The van der Waals surface area contributed by atoms with Crippen LogP contribution < -0.4 is 50.3 Å². The minimum atomic E-state index is -3.56. The number of hydrogen-bond acceptors (Lipinski definition) is 6. The lowest BCUT2D eigenvalue weighted by atomic mass is 9.92. The zero-order valence-corrected chi connectivity index (χ0v) is 27.4. The molecule has 8 nitrogen and oxygen atoms in total. The highest BCUT2D eigenvalue weighted by atomic mass is 31.2. The second-order valence-corrected chi connectivity index (χ2v) is 15.5. The highest BCUT2D eigenvalue weighted by Crippen LogP contribution is 2.49. The van der Waals surface area contributed by atoms with Crippen molar-refractivity contribution in [2.75, 3.05) is 28.4 Å². The monoisotopic (exact) mass is 634 g/mol. The van der Waals surface area contributed by atoms with Crippen molar-refractivity contribution in [3.8, 4) is 23.0 Å². The van der Waals surface area contributed by atoms with Crippen LogP contribution in [0.2, 0.25) is 0 Å². The van der Waals surface area contributed by atoms with E-state index in [4.69, 9.17) is 18.9 Å². The zero-order valence-electron chi connectivity index (χ0n) is 25.6. The summed E-state index contributed by atoms with van der Waals surface area (Å²) in [4.78, 5) is 0. The number of ether oxygens (including phenoxy) is 4. The predicted octanol–water partition coefficient (Wildman–Crippen LogP) is 5.37. The number of nitrogens with one attached hydrogen (secondary N) is 2. The van der Waals surface area contributed by atoms with Crippen LogP contribution in [0.15, 0.2) is 97.1 Å². The first-order valence-corrected chi connectivity index (χ1v) is 18.1. The molecule has 0 heterocycles. The summed E-state index contributed by atoms with van der Waals surface area (Å²) >= 11 is 0. The quantitative estimate of drug-likeness (QED) is 0.201. The standard InChI is InChI=1S/C34H40N2O6P2/c1-39-27-17-7-11-21-31(27)43(37,32-22-12-8-18-28(32)40-2)35-25-15-5-6-16-26(25)36-44(38,33-23-13-9-19-29(33)41-3)34-24-14-10-20-30(34)42-4/h7-14,17-26H,5-6,15-16H2,1-4H3,(H,35,37)(H,36,38)/t25-,26-/m1/s1. The van der Waals surface area contributed by atoms with Gasteiger partial charge in [0.25, 0.3) is 0 Å². The molecule has 1 fully saturated rings. The van der Waals surface area contributed by atoms with Gasteiger partial charge in [-0.3, -0.25) is 19.3 Å². The SMILES string of the molecule is COc1ccccc1P(=O)(N[C@@H]1CCCC[C@H]1NP(=O)(c1ccccc1OC)c1ccccc1OC)c1ccccc1OC. The molecule has 0 radical (unpaired) electrons. The Kier molecular flexibility index (Phi) is 10.2. The average molecular weight is 635 g/mol. The highest BCUT2D eigenvalue weighted by Gasteiger charge is 2.42. The number of methoxy groups -OCH3 is 4. The fourth-order valence-electron chi connectivity index (χ4n) is 6.00. The maximum atomic E-state index is 15.5. The fraction of sp³-hybridized carbons (Fsp3) is 0.294. The van der Waals surface area contributed by atoms with Gasteiger partial charge in [-0.1, -0.05) is 61.4 Å². The van der Waals surface area contributed by atoms with Gasteiger partial charge in [-0.2, -0.15) is 0 Å². The Bertz CT molecular complexity index is 1450. The first-order chi connectivity index (χ1) is 21.4. The molecule has 44 heavy (non-hydrogen) atoms. The van der Waals surface area contributed by atoms with Crippen LogP contribution in [0.1, 0.15) is 25.7 Å². The second kappa shape index (κ2) is 14.0.